The molecule has 1 N–H and O–H groups in total. The zero-order valence-electron chi connectivity index (χ0n) is 12.3. The summed E-state index contributed by atoms with van der Waals surface area (Å²) in [6, 6.07) is 5.00. The first kappa shape index (κ1) is 17.1. The zero-order valence-corrected chi connectivity index (χ0v) is 13.1. The van der Waals surface area contributed by atoms with Crippen molar-refractivity contribution in [2.24, 2.45) is 0 Å². The summed E-state index contributed by atoms with van der Waals surface area (Å²) in [4.78, 5) is 22.1. The van der Waals surface area contributed by atoms with E-state index in [1.54, 1.807) is 39.0 Å². The second-order valence-electron chi connectivity index (χ2n) is 5.33. The van der Waals surface area contributed by atoms with Crippen molar-refractivity contribution in [3.8, 4) is 11.8 Å². The number of carbonyl (C=O) groups excluding carboxylic acids is 2. The summed E-state index contributed by atoms with van der Waals surface area (Å²) < 4.78 is 5.09. The van der Waals surface area contributed by atoms with Gasteiger partial charge in [0.05, 0.1) is 5.02 Å². The van der Waals surface area contributed by atoms with Crippen LogP contribution >= 0.6 is 11.6 Å². The highest BCUT2D eigenvalue weighted by Crippen LogP contribution is 2.15. The van der Waals surface area contributed by atoms with E-state index in [2.05, 4.69) is 17.2 Å². The summed E-state index contributed by atoms with van der Waals surface area (Å²) in [6.45, 7) is 5.81. The van der Waals surface area contributed by atoms with Crippen LogP contribution in [0.1, 0.15) is 43.1 Å². The van der Waals surface area contributed by atoms with Crippen LogP contribution in [0, 0.1) is 11.8 Å². The Morgan fingerprint density at radius 1 is 1.43 bits per heavy atom. The van der Waals surface area contributed by atoms with Gasteiger partial charge in [-0.15, -0.1) is 0 Å². The van der Waals surface area contributed by atoms with Gasteiger partial charge in [0.2, 0.25) is 0 Å². The number of nitrogens with one attached hydrogen (secondary N) is 1. The Kier molecular flexibility index (Phi) is 6.26. The molecule has 1 aromatic rings. The topological polar surface area (TPSA) is 55.4 Å². The van der Waals surface area contributed by atoms with Gasteiger partial charge in [-0.25, -0.2) is 4.79 Å². The van der Waals surface area contributed by atoms with Gasteiger partial charge in [-0.2, -0.15) is 0 Å². The number of amides is 1. The molecule has 0 heterocycles. The van der Waals surface area contributed by atoms with E-state index in [1.165, 1.54) is 0 Å². The molecular formula is C16H18ClNO3. The molecule has 1 aromatic carbocycles. The minimum atomic E-state index is -0.510. The minimum Gasteiger partial charge on any atom is -0.444 e. The Bertz CT molecular complexity index is 579. The Morgan fingerprint density at radius 2 is 2.14 bits per heavy atom. The monoisotopic (exact) mass is 307 g/mol. The van der Waals surface area contributed by atoms with E-state index >= 15 is 0 Å². The van der Waals surface area contributed by atoms with Crippen molar-refractivity contribution in [2.75, 3.05) is 6.54 Å². The lowest BCUT2D eigenvalue weighted by Gasteiger charge is -2.19. The number of halogens is 1. The van der Waals surface area contributed by atoms with E-state index < -0.39 is 11.7 Å². The second-order valence-corrected chi connectivity index (χ2v) is 5.74. The second kappa shape index (κ2) is 7.70. The van der Waals surface area contributed by atoms with E-state index in [0.717, 1.165) is 0 Å². The van der Waals surface area contributed by atoms with Crippen LogP contribution in [-0.4, -0.2) is 24.5 Å². The van der Waals surface area contributed by atoms with Crippen molar-refractivity contribution in [3.05, 3.63) is 34.3 Å². The molecule has 0 spiro atoms. The maximum Gasteiger partial charge on any atom is 0.407 e. The van der Waals surface area contributed by atoms with E-state index in [9.17, 15) is 9.59 Å². The molecule has 0 aliphatic heterocycles. The summed E-state index contributed by atoms with van der Waals surface area (Å²) in [5.41, 5.74) is 0.610. The van der Waals surface area contributed by atoms with Crippen molar-refractivity contribution in [1.82, 2.24) is 5.32 Å². The smallest absolute Gasteiger partial charge is 0.407 e. The van der Waals surface area contributed by atoms with E-state index in [4.69, 9.17) is 16.3 Å². The normalized spacial score (nSPS) is 10.3. The molecule has 0 radical (unpaired) electrons. The Balaban J connectivity index is 2.43. The fraction of sp³-hybridized carbons (Fsp3) is 0.375. The third kappa shape index (κ3) is 6.82. The summed E-state index contributed by atoms with van der Waals surface area (Å²) in [7, 11) is 0. The number of alkyl carbamates (subject to hydrolysis) is 1. The number of hydrogen-bond donors (Lipinski definition) is 1. The summed E-state index contributed by atoms with van der Waals surface area (Å²) in [5, 5.41) is 3.02. The molecule has 0 atom stereocenters. The maximum atomic E-state index is 11.4. The molecule has 0 bridgehead atoms. The van der Waals surface area contributed by atoms with Crippen LogP contribution in [0.2, 0.25) is 5.02 Å². The van der Waals surface area contributed by atoms with E-state index in [-0.39, 0.29) is 0 Å². The van der Waals surface area contributed by atoms with E-state index in [0.29, 0.717) is 35.4 Å². The van der Waals surface area contributed by atoms with Crippen LogP contribution in [0.5, 0.6) is 0 Å². The van der Waals surface area contributed by atoms with Crippen LogP contribution in [0.3, 0.4) is 0 Å². The van der Waals surface area contributed by atoms with Gasteiger partial charge in [-0.3, -0.25) is 4.79 Å². The lowest BCUT2D eigenvalue weighted by molar-refractivity contribution is 0.0529. The molecule has 0 aromatic heterocycles. The average Bonchev–Trinajstić information content (AvgIpc) is 2.38. The standard InChI is InChI=1S/C16H18ClNO3/c1-16(2,3)21-15(20)18-9-5-4-6-12-7-8-14(17)13(10-12)11-19/h7-8,10-11H,5,9H2,1-3H3,(H,18,20). The molecule has 0 aliphatic rings. The SMILES string of the molecule is CC(C)(C)OC(=O)NCCC#Cc1ccc(Cl)c(C=O)c1. The molecule has 0 saturated heterocycles. The van der Waals surface area contributed by atoms with Crippen LogP contribution < -0.4 is 5.32 Å². The predicted octanol–water partition coefficient (Wildman–Crippen LogP) is 3.42. The molecule has 21 heavy (non-hydrogen) atoms. The molecule has 0 fully saturated rings. The number of carbonyl (C=O) groups is 2. The number of benzene rings is 1. The van der Waals surface area contributed by atoms with Crippen LogP contribution in [0.15, 0.2) is 18.2 Å². The molecule has 0 aliphatic carbocycles. The molecule has 4 nitrogen and oxygen atoms in total. The minimum absolute atomic E-state index is 0.399. The fourth-order valence-corrected chi connectivity index (χ4v) is 1.58. The van der Waals surface area contributed by atoms with Gasteiger partial charge in [0.15, 0.2) is 6.29 Å². The molecule has 112 valence electrons. The Labute approximate surface area is 129 Å². The van der Waals surface area contributed by atoms with Crippen molar-refractivity contribution in [3.63, 3.8) is 0 Å². The van der Waals surface area contributed by atoms with Gasteiger partial charge >= 0.3 is 6.09 Å². The lowest BCUT2D eigenvalue weighted by Crippen LogP contribution is -2.32. The van der Waals surface area contributed by atoms with Crippen molar-refractivity contribution >= 4 is 24.0 Å². The van der Waals surface area contributed by atoms with Crippen molar-refractivity contribution < 1.29 is 14.3 Å². The number of ether oxygens (including phenoxy) is 1. The van der Waals surface area contributed by atoms with Crippen LogP contribution in [0.4, 0.5) is 4.79 Å². The quantitative estimate of drug-likeness (QED) is 0.529. The number of rotatable bonds is 3. The number of hydrogen-bond acceptors (Lipinski definition) is 3. The Hall–Kier alpha value is -1.99. The third-order valence-electron chi connectivity index (χ3n) is 2.27. The van der Waals surface area contributed by atoms with Gasteiger partial charge in [0, 0.05) is 24.1 Å². The highest BCUT2D eigenvalue weighted by atomic mass is 35.5. The summed E-state index contributed by atoms with van der Waals surface area (Å²) in [5.74, 6) is 5.82. The van der Waals surface area contributed by atoms with Crippen LogP contribution in [-0.2, 0) is 4.74 Å². The molecular weight excluding hydrogens is 290 g/mol. The molecule has 1 rings (SSSR count). The highest BCUT2D eigenvalue weighted by Gasteiger charge is 2.15. The van der Waals surface area contributed by atoms with Gasteiger partial charge in [0.1, 0.15) is 5.60 Å². The van der Waals surface area contributed by atoms with Crippen molar-refractivity contribution in [2.45, 2.75) is 32.8 Å². The van der Waals surface area contributed by atoms with Crippen LogP contribution in [0.25, 0.3) is 0 Å². The van der Waals surface area contributed by atoms with Crippen molar-refractivity contribution in [1.29, 1.82) is 0 Å². The first-order chi connectivity index (χ1) is 9.81. The van der Waals surface area contributed by atoms with Gasteiger partial charge in [0.25, 0.3) is 0 Å². The average molecular weight is 308 g/mol. The summed E-state index contributed by atoms with van der Waals surface area (Å²) in [6.07, 6.45) is 0.717. The predicted molar refractivity (Wildman–Crippen MR) is 82.6 cm³/mol. The first-order valence-corrected chi connectivity index (χ1v) is 6.90. The van der Waals surface area contributed by atoms with Gasteiger partial charge in [-0.05, 0) is 39.0 Å². The largest absolute Gasteiger partial charge is 0.444 e. The third-order valence-corrected chi connectivity index (χ3v) is 2.62. The first-order valence-electron chi connectivity index (χ1n) is 6.52. The molecule has 5 heteroatoms. The lowest BCUT2D eigenvalue weighted by atomic mass is 10.1. The molecule has 1 amide bonds. The molecule has 0 saturated carbocycles. The van der Waals surface area contributed by atoms with E-state index in [1.807, 2.05) is 0 Å². The maximum absolute atomic E-state index is 11.4. The summed E-state index contributed by atoms with van der Waals surface area (Å²) >= 11 is 5.83. The molecule has 0 unspecified atom stereocenters. The van der Waals surface area contributed by atoms with Gasteiger partial charge in [-0.1, -0.05) is 23.4 Å². The zero-order chi connectivity index (χ0) is 15.9. The fourth-order valence-electron chi connectivity index (χ4n) is 1.42. The Morgan fingerprint density at radius 3 is 2.76 bits per heavy atom. The van der Waals surface area contributed by atoms with Gasteiger partial charge < -0.3 is 10.1 Å². The highest BCUT2D eigenvalue weighted by molar-refractivity contribution is 6.32. The number of aldehydes is 1.